The molecule has 5 nitrogen and oxygen atoms in total. The molecule has 0 radical (unpaired) electrons. The van der Waals surface area contributed by atoms with Gasteiger partial charge in [-0.3, -0.25) is 9.59 Å². The molecule has 0 aromatic carbocycles. The van der Waals surface area contributed by atoms with E-state index in [0.29, 0.717) is 0 Å². The van der Waals surface area contributed by atoms with Gasteiger partial charge in [0.2, 0.25) is 0 Å². The molecule has 1 heterocycles. The Morgan fingerprint density at radius 2 is 1.87 bits per heavy atom. The van der Waals surface area contributed by atoms with Crippen LogP contribution in [0.1, 0.15) is 26.2 Å². The normalized spacial score (nSPS) is 31.1. The Hall–Kier alpha value is -1.10. The molecule has 0 aromatic heterocycles. The van der Waals surface area contributed by atoms with Gasteiger partial charge in [-0.25, -0.2) is 0 Å². The van der Waals surface area contributed by atoms with Crippen molar-refractivity contribution in [1.82, 2.24) is 5.32 Å². The zero-order valence-corrected chi connectivity index (χ0v) is 8.77. The Morgan fingerprint density at radius 1 is 1.27 bits per heavy atom. The minimum absolute atomic E-state index is 0.0187. The number of carboxylic acids is 2. The van der Waals surface area contributed by atoms with E-state index in [9.17, 15) is 9.59 Å². The highest BCUT2D eigenvalue weighted by Crippen LogP contribution is 2.29. The van der Waals surface area contributed by atoms with Gasteiger partial charge in [0.1, 0.15) is 0 Å². The van der Waals surface area contributed by atoms with Gasteiger partial charge in [-0.15, -0.1) is 0 Å². The highest BCUT2D eigenvalue weighted by atomic mass is 16.4. The molecular weight excluding hydrogens is 198 g/mol. The van der Waals surface area contributed by atoms with Crippen LogP contribution in [-0.2, 0) is 9.59 Å². The zero-order chi connectivity index (χ0) is 11.4. The highest BCUT2D eigenvalue weighted by molar-refractivity contribution is 5.69. The Kier molecular flexibility index (Phi) is 4.08. The lowest BCUT2D eigenvalue weighted by Gasteiger charge is -2.35. The van der Waals surface area contributed by atoms with Gasteiger partial charge in [0, 0.05) is 18.9 Å². The average Bonchev–Trinajstić information content (AvgIpc) is 2.09. The Bertz CT molecular complexity index is 254. The van der Waals surface area contributed by atoms with Crippen LogP contribution in [0, 0.1) is 11.8 Å². The summed E-state index contributed by atoms with van der Waals surface area (Å²) in [4.78, 5) is 21.3. The molecule has 1 saturated heterocycles. The quantitative estimate of drug-likeness (QED) is 0.637. The van der Waals surface area contributed by atoms with E-state index in [1.807, 2.05) is 6.92 Å². The molecule has 0 aromatic rings. The van der Waals surface area contributed by atoms with Crippen molar-refractivity contribution in [3.63, 3.8) is 0 Å². The number of aliphatic carboxylic acids is 2. The molecule has 1 fully saturated rings. The minimum Gasteiger partial charge on any atom is -0.481 e. The Labute approximate surface area is 88.5 Å². The van der Waals surface area contributed by atoms with E-state index < -0.39 is 11.9 Å². The lowest BCUT2D eigenvalue weighted by Crippen LogP contribution is -2.45. The fourth-order valence-electron chi connectivity index (χ4n) is 2.29. The van der Waals surface area contributed by atoms with E-state index in [1.54, 1.807) is 0 Å². The standard InChI is InChI=1S/C10H17NO4/c1-6-8(5-10(14)15)7(2-3-11-6)4-9(12)13/h6-8,11H,2-5H2,1H3,(H,12,13)(H,14,15)/t6-,7-,8-/m0/s1. The summed E-state index contributed by atoms with van der Waals surface area (Å²) >= 11 is 0. The monoisotopic (exact) mass is 215 g/mol. The Morgan fingerprint density at radius 3 is 2.40 bits per heavy atom. The SMILES string of the molecule is C[C@@H]1NCC[C@@H](CC(=O)O)[C@H]1CC(=O)O. The third-order valence-corrected chi connectivity index (χ3v) is 3.08. The zero-order valence-electron chi connectivity index (χ0n) is 8.77. The van der Waals surface area contributed by atoms with E-state index >= 15 is 0 Å². The molecule has 15 heavy (non-hydrogen) atoms. The number of carboxylic acid groups (broad SMARTS) is 2. The summed E-state index contributed by atoms with van der Waals surface area (Å²) in [7, 11) is 0. The summed E-state index contributed by atoms with van der Waals surface area (Å²) in [5.74, 6) is -1.79. The van der Waals surface area contributed by atoms with Crippen LogP contribution < -0.4 is 5.32 Å². The van der Waals surface area contributed by atoms with E-state index in [1.165, 1.54) is 0 Å². The van der Waals surface area contributed by atoms with Crippen molar-refractivity contribution in [3.05, 3.63) is 0 Å². The van der Waals surface area contributed by atoms with E-state index in [2.05, 4.69) is 5.32 Å². The lowest BCUT2D eigenvalue weighted by molar-refractivity contribution is -0.142. The van der Waals surface area contributed by atoms with Gasteiger partial charge in [-0.2, -0.15) is 0 Å². The molecule has 0 amide bonds. The second-order valence-electron chi connectivity index (χ2n) is 4.15. The molecule has 1 rings (SSSR count). The first-order chi connectivity index (χ1) is 7.00. The molecule has 3 N–H and O–H groups in total. The lowest BCUT2D eigenvalue weighted by atomic mass is 9.77. The van der Waals surface area contributed by atoms with Crippen molar-refractivity contribution in [3.8, 4) is 0 Å². The van der Waals surface area contributed by atoms with Crippen molar-refractivity contribution < 1.29 is 19.8 Å². The summed E-state index contributed by atoms with van der Waals surface area (Å²) in [5, 5.41) is 20.7. The van der Waals surface area contributed by atoms with E-state index in [4.69, 9.17) is 10.2 Å². The summed E-state index contributed by atoms with van der Waals surface area (Å²) < 4.78 is 0. The number of hydrogen-bond acceptors (Lipinski definition) is 3. The van der Waals surface area contributed by atoms with Gasteiger partial charge < -0.3 is 15.5 Å². The molecule has 3 atom stereocenters. The van der Waals surface area contributed by atoms with E-state index in [0.717, 1.165) is 13.0 Å². The first kappa shape index (κ1) is 12.0. The van der Waals surface area contributed by atoms with Crippen molar-refractivity contribution in [2.45, 2.75) is 32.2 Å². The van der Waals surface area contributed by atoms with Gasteiger partial charge in [-0.05, 0) is 31.7 Å². The number of carbonyl (C=O) groups is 2. The van der Waals surface area contributed by atoms with Crippen LogP contribution in [0.4, 0.5) is 0 Å². The van der Waals surface area contributed by atoms with Crippen LogP contribution in [0.2, 0.25) is 0 Å². The van der Waals surface area contributed by atoms with Gasteiger partial charge in [0.15, 0.2) is 0 Å². The summed E-state index contributed by atoms with van der Waals surface area (Å²) in [6, 6.07) is 0.0826. The summed E-state index contributed by atoms with van der Waals surface area (Å²) in [5.41, 5.74) is 0. The maximum absolute atomic E-state index is 10.7. The average molecular weight is 215 g/mol. The van der Waals surface area contributed by atoms with Gasteiger partial charge >= 0.3 is 11.9 Å². The molecule has 1 aliphatic heterocycles. The largest absolute Gasteiger partial charge is 0.481 e. The molecule has 1 aliphatic rings. The number of hydrogen-bond donors (Lipinski definition) is 3. The minimum atomic E-state index is -0.856. The smallest absolute Gasteiger partial charge is 0.303 e. The molecule has 0 bridgehead atoms. The van der Waals surface area contributed by atoms with Crippen molar-refractivity contribution in [1.29, 1.82) is 0 Å². The maximum Gasteiger partial charge on any atom is 0.303 e. The summed E-state index contributed by atoms with van der Waals surface area (Å²) in [6.45, 7) is 2.69. The van der Waals surface area contributed by atoms with Crippen molar-refractivity contribution in [2.75, 3.05) is 6.54 Å². The van der Waals surface area contributed by atoms with Crippen LogP contribution in [0.5, 0.6) is 0 Å². The second-order valence-corrected chi connectivity index (χ2v) is 4.15. The van der Waals surface area contributed by atoms with Crippen LogP contribution in [0.3, 0.4) is 0 Å². The van der Waals surface area contributed by atoms with Gasteiger partial charge in [0.05, 0.1) is 0 Å². The predicted octanol–water partition coefficient (Wildman–Crippen LogP) is 0.550. The van der Waals surface area contributed by atoms with E-state index in [-0.39, 0.29) is 30.7 Å². The van der Waals surface area contributed by atoms with Gasteiger partial charge in [-0.1, -0.05) is 0 Å². The van der Waals surface area contributed by atoms with Crippen LogP contribution in [-0.4, -0.2) is 34.7 Å². The second kappa shape index (κ2) is 5.11. The topological polar surface area (TPSA) is 86.6 Å². The van der Waals surface area contributed by atoms with Crippen LogP contribution >= 0.6 is 0 Å². The molecule has 0 saturated carbocycles. The fourth-order valence-corrected chi connectivity index (χ4v) is 2.29. The highest BCUT2D eigenvalue weighted by Gasteiger charge is 2.33. The molecule has 0 aliphatic carbocycles. The van der Waals surface area contributed by atoms with Crippen LogP contribution in [0.25, 0.3) is 0 Å². The molecule has 0 unspecified atom stereocenters. The first-order valence-corrected chi connectivity index (χ1v) is 5.17. The van der Waals surface area contributed by atoms with Crippen LogP contribution in [0.15, 0.2) is 0 Å². The molecular formula is C10H17NO4. The third-order valence-electron chi connectivity index (χ3n) is 3.08. The molecule has 0 spiro atoms. The molecule has 86 valence electrons. The fraction of sp³-hybridized carbons (Fsp3) is 0.800. The van der Waals surface area contributed by atoms with Crippen molar-refractivity contribution >= 4 is 11.9 Å². The van der Waals surface area contributed by atoms with Gasteiger partial charge in [0.25, 0.3) is 0 Å². The Balaban J connectivity index is 2.63. The first-order valence-electron chi connectivity index (χ1n) is 5.17. The molecule has 5 heteroatoms. The number of piperidine rings is 1. The van der Waals surface area contributed by atoms with Crippen molar-refractivity contribution in [2.24, 2.45) is 11.8 Å². The maximum atomic E-state index is 10.7. The number of nitrogens with one attached hydrogen (secondary N) is 1. The number of rotatable bonds is 4. The predicted molar refractivity (Wildman–Crippen MR) is 53.6 cm³/mol. The summed E-state index contributed by atoms with van der Waals surface area (Å²) in [6.07, 6.45) is 0.866. The third kappa shape index (κ3) is 3.51.